The predicted molar refractivity (Wildman–Crippen MR) is 87.8 cm³/mol. The number of carbonyl (C=O) groups is 2. The number of rotatable bonds is 4. The third kappa shape index (κ3) is 3.37. The minimum atomic E-state index is -0.280. The van der Waals surface area contributed by atoms with Gasteiger partial charge in [-0.15, -0.1) is 0 Å². The van der Waals surface area contributed by atoms with Crippen LogP contribution in [0.3, 0.4) is 0 Å². The van der Waals surface area contributed by atoms with E-state index in [1.165, 1.54) is 17.0 Å². The fraction of sp³-hybridized carbons (Fsp3) is 0.222. The highest BCUT2D eigenvalue weighted by atomic mass is 19.1. The highest BCUT2D eigenvalue weighted by molar-refractivity contribution is 6.00. The molecule has 0 saturated heterocycles. The maximum Gasteiger partial charge on any atom is 0.264 e. The third-order valence-electron chi connectivity index (χ3n) is 3.92. The fourth-order valence-corrected chi connectivity index (χ4v) is 2.49. The minimum Gasteiger partial charge on any atom is -0.482 e. The lowest BCUT2D eigenvalue weighted by molar-refractivity contribution is -0.120. The van der Waals surface area contributed by atoms with Gasteiger partial charge in [-0.3, -0.25) is 9.59 Å². The second-order valence-corrected chi connectivity index (χ2v) is 5.56. The topological polar surface area (TPSA) is 58.6 Å². The molecule has 5 nitrogen and oxygen atoms in total. The Balaban J connectivity index is 1.63. The first kappa shape index (κ1) is 16.0. The molecule has 24 heavy (non-hydrogen) atoms. The molecule has 2 amide bonds. The van der Waals surface area contributed by atoms with Gasteiger partial charge in [-0.05, 0) is 42.3 Å². The van der Waals surface area contributed by atoms with Gasteiger partial charge in [0.05, 0.1) is 5.69 Å². The second-order valence-electron chi connectivity index (χ2n) is 5.56. The van der Waals surface area contributed by atoms with E-state index in [0.717, 1.165) is 5.56 Å². The number of amides is 2. The Hall–Kier alpha value is -2.89. The number of anilines is 1. The molecule has 0 radical (unpaired) electrons. The number of nitrogens with one attached hydrogen (secondary N) is 1. The number of nitrogens with zero attached hydrogens (tertiary/aromatic N) is 1. The Morgan fingerprint density at radius 3 is 2.75 bits per heavy atom. The number of hydrogen-bond acceptors (Lipinski definition) is 3. The smallest absolute Gasteiger partial charge is 0.264 e. The van der Waals surface area contributed by atoms with Crippen LogP contribution < -0.4 is 15.0 Å². The maximum atomic E-state index is 12.8. The summed E-state index contributed by atoms with van der Waals surface area (Å²) < 4.78 is 18.2. The lowest BCUT2D eigenvalue weighted by Crippen LogP contribution is -2.35. The van der Waals surface area contributed by atoms with Crippen LogP contribution in [0.4, 0.5) is 10.1 Å². The molecule has 0 aromatic heterocycles. The van der Waals surface area contributed by atoms with Crippen molar-refractivity contribution in [3.8, 4) is 5.75 Å². The van der Waals surface area contributed by atoms with Crippen molar-refractivity contribution >= 4 is 17.5 Å². The monoisotopic (exact) mass is 328 g/mol. The van der Waals surface area contributed by atoms with E-state index in [1.807, 2.05) is 0 Å². The average molecular weight is 328 g/mol. The van der Waals surface area contributed by atoms with Gasteiger partial charge in [0.2, 0.25) is 0 Å². The van der Waals surface area contributed by atoms with E-state index < -0.39 is 0 Å². The Kier molecular flexibility index (Phi) is 4.46. The molecular formula is C18H17FN2O3. The van der Waals surface area contributed by atoms with Crippen LogP contribution in [-0.2, 0) is 11.2 Å². The summed E-state index contributed by atoms with van der Waals surface area (Å²) >= 11 is 0. The molecule has 1 aliphatic heterocycles. The summed E-state index contributed by atoms with van der Waals surface area (Å²) in [5.41, 5.74) is 1.98. The largest absolute Gasteiger partial charge is 0.482 e. The highest BCUT2D eigenvalue weighted by Gasteiger charge is 2.23. The Labute approximate surface area is 139 Å². The van der Waals surface area contributed by atoms with Crippen LogP contribution in [0.2, 0.25) is 0 Å². The SMILES string of the molecule is CN1C(=O)COc2ccc(C(=O)NCCc3ccc(F)cc3)cc21. The summed E-state index contributed by atoms with van der Waals surface area (Å²) in [5, 5.41) is 2.82. The Morgan fingerprint density at radius 1 is 1.25 bits per heavy atom. The number of ether oxygens (including phenoxy) is 1. The van der Waals surface area contributed by atoms with Crippen molar-refractivity contribution in [3.05, 3.63) is 59.4 Å². The Morgan fingerprint density at radius 2 is 2.00 bits per heavy atom. The molecular weight excluding hydrogens is 311 g/mol. The van der Waals surface area contributed by atoms with Crippen LogP contribution in [0.15, 0.2) is 42.5 Å². The molecule has 2 aromatic carbocycles. The molecule has 0 atom stereocenters. The van der Waals surface area contributed by atoms with E-state index in [0.29, 0.717) is 30.0 Å². The molecule has 2 aromatic rings. The van der Waals surface area contributed by atoms with Crippen LogP contribution >= 0.6 is 0 Å². The van der Waals surface area contributed by atoms with Crippen molar-refractivity contribution in [2.24, 2.45) is 0 Å². The van der Waals surface area contributed by atoms with Gasteiger partial charge in [0.15, 0.2) is 6.61 Å². The van der Waals surface area contributed by atoms with Crippen LogP contribution in [0.5, 0.6) is 5.75 Å². The van der Waals surface area contributed by atoms with Crippen molar-refractivity contribution in [1.82, 2.24) is 5.32 Å². The van der Waals surface area contributed by atoms with E-state index in [9.17, 15) is 14.0 Å². The Bertz CT molecular complexity index is 774. The van der Waals surface area contributed by atoms with Crippen molar-refractivity contribution in [3.63, 3.8) is 0 Å². The predicted octanol–water partition coefficient (Wildman–Crippen LogP) is 2.15. The van der Waals surface area contributed by atoms with Gasteiger partial charge in [0.1, 0.15) is 11.6 Å². The number of fused-ring (bicyclic) bond motifs is 1. The van der Waals surface area contributed by atoms with Gasteiger partial charge < -0.3 is 15.0 Å². The van der Waals surface area contributed by atoms with E-state index in [1.54, 1.807) is 37.4 Å². The molecule has 0 bridgehead atoms. The molecule has 0 aliphatic carbocycles. The summed E-state index contributed by atoms with van der Waals surface area (Å²) in [5.74, 6) is -0.0830. The molecule has 6 heteroatoms. The highest BCUT2D eigenvalue weighted by Crippen LogP contribution is 2.31. The van der Waals surface area contributed by atoms with Crippen LogP contribution in [0.1, 0.15) is 15.9 Å². The number of benzene rings is 2. The number of likely N-dealkylation sites (N-methyl/N-ethyl adjacent to an activating group) is 1. The summed E-state index contributed by atoms with van der Waals surface area (Å²) in [6, 6.07) is 11.2. The fourth-order valence-electron chi connectivity index (χ4n) is 2.49. The molecule has 124 valence electrons. The average Bonchev–Trinajstić information content (AvgIpc) is 2.59. The van der Waals surface area contributed by atoms with Gasteiger partial charge in [0, 0.05) is 19.2 Å². The first-order valence-electron chi connectivity index (χ1n) is 7.60. The van der Waals surface area contributed by atoms with Gasteiger partial charge >= 0.3 is 0 Å². The molecule has 1 N–H and O–H groups in total. The summed E-state index contributed by atoms with van der Waals surface area (Å²) in [6.07, 6.45) is 0.610. The molecule has 0 spiro atoms. The standard InChI is InChI=1S/C18H17FN2O3/c1-21-15-10-13(4-7-16(15)24-11-17(21)22)18(23)20-9-8-12-2-5-14(19)6-3-12/h2-7,10H,8-9,11H2,1H3,(H,20,23). The van der Waals surface area contributed by atoms with E-state index >= 15 is 0 Å². The summed E-state index contributed by atoms with van der Waals surface area (Å²) in [4.78, 5) is 25.4. The zero-order chi connectivity index (χ0) is 17.1. The first-order valence-corrected chi connectivity index (χ1v) is 7.60. The van der Waals surface area contributed by atoms with E-state index in [4.69, 9.17) is 4.74 Å². The zero-order valence-corrected chi connectivity index (χ0v) is 13.2. The summed E-state index contributed by atoms with van der Waals surface area (Å²) in [6.45, 7) is 0.444. The number of hydrogen-bond donors (Lipinski definition) is 1. The van der Waals surface area contributed by atoms with E-state index in [2.05, 4.69) is 5.32 Å². The second kappa shape index (κ2) is 6.70. The molecule has 0 unspecified atom stereocenters. The molecule has 1 heterocycles. The summed E-state index contributed by atoms with van der Waals surface area (Å²) in [7, 11) is 1.65. The van der Waals surface area contributed by atoms with Gasteiger partial charge in [-0.25, -0.2) is 4.39 Å². The third-order valence-corrected chi connectivity index (χ3v) is 3.92. The van der Waals surface area contributed by atoms with Crippen LogP contribution in [-0.4, -0.2) is 32.0 Å². The zero-order valence-electron chi connectivity index (χ0n) is 13.2. The molecule has 3 rings (SSSR count). The number of halogens is 1. The first-order chi connectivity index (χ1) is 11.5. The van der Waals surface area contributed by atoms with Gasteiger partial charge in [-0.1, -0.05) is 12.1 Å². The van der Waals surface area contributed by atoms with Crippen molar-refractivity contribution in [2.45, 2.75) is 6.42 Å². The quantitative estimate of drug-likeness (QED) is 0.936. The van der Waals surface area contributed by atoms with Crippen LogP contribution in [0, 0.1) is 5.82 Å². The lowest BCUT2D eigenvalue weighted by atomic mass is 10.1. The van der Waals surface area contributed by atoms with Gasteiger partial charge in [0.25, 0.3) is 11.8 Å². The normalized spacial score (nSPS) is 13.2. The molecule has 0 fully saturated rings. The van der Waals surface area contributed by atoms with E-state index in [-0.39, 0.29) is 24.2 Å². The maximum absolute atomic E-state index is 12.8. The van der Waals surface area contributed by atoms with Gasteiger partial charge in [-0.2, -0.15) is 0 Å². The van der Waals surface area contributed by atoms with Crippen molar-refractivity contribution in [1.29, 1.82) is 0 Å². The lowest BCUT2D eigenvalue weighted by Gasteiger charge is -2.26. The van der Waals surface area contributed by atoms with Crippen molar-refractivity contribution < 1.29 is 18.7 Å². The molecule has 1 aliphatic rings. The van der Waals surface area contributed by atoms with Crippen LogP contribution in [0.25, 0.3) is 0 Å². The van der Waals surface area contributed by atoms with Crippen molar-refractivity contribution in [2.75, 3.05) is 25.1 Å². The number of carbonyl (C=O) groups excluding carboxylic acids is 2. The molecule has 0 saturated carbocycles. The minimum absolute atomic E-state index is 0.00666.